The molecule has 0 radical (unpaired) electrons. The molecule has 0 spiro atoms. The van der Waals surface area contributed by atoms with Gasteiger partial charge in [-0.25, -0.2) is 0 Å². The van der Waals surface area contributed by atoms with Gasteiger partial charge in [-0.05, 0) is 37.5 Å². The Kier molecular flexibility index (Phi) is 8.00. The van der Waals surface area contributed by atoms with Gasteiger partial charge >= 0.3 is 5.97 Å². The molecule has 0 amide bonds. The molecule has 3 rings (SSSR count). The van der Waals surface area contributed by atoms with Gasteiger partial charge in [-0.2, -0.15) is 8.42 Å². The summed E-state index contributed by atoms with van der Waals surface area (Å²) in [6.07, 6.45) is 5.62. The maximum atomic E-state index is 11.7. The number of carbonyl (C=O) groups is 1. The Morgan fingerprint density at radius 1 is 1.00 bits per heavy atom. The fraction of sp³-hybridized carbons (Fsp3) is 0.381. The average molecular weight is 391 g/mol. The molecule has 0 atom stereocenters. The summed E-state index contributed by atoms with van der Waals surface area (Å²) in [5, 5.41) is 0. The van der Waals surface area contributed by atoms with Crippen molar-refractivity contribution in [2.45, 2.75) is 50.5 Å². The fourth-order valence-corrected chi connectivity index (χ4v) is 3.38. The van der Waals surface area contributed by atoms with Gasteiger partial charge in [0.2, 0.25) is 0 Å². The van der Waals surface area contributed by atoms with Crippen LogP contribution in [-0.2, 0) is 26.3 Å². The molecule has 6 heteroatoms. The van der Waals surface area contributed by atoms with Crippen LogP contribution in [-0.4, -0.2) is 18.9 Å². The quantitative estimate of drug-likeness (QED) is 0.612. The van der Waals surface area contributed by atoms with Crippen LogP contribution in [0.25, 0.3) is 0 Å². The Morgan fingerprint density at radius 3 is 2.15 bits per heavy atom. The highest BCUT2D eigenvalue weighted by Gasteiger charge is 2.22. The first kappa shape index (κ1) is 21.1. The van der Waals surface area contributed by atoms with Crippen molar-refractivity contribution in [2.24, 2.45) is 5.92 Å². The predicted octanol–water partition coefficient (Wildman–Crippen LogP) is 4.55. The molecule has 2 aromatic carbocycles. The van der Waals surface area contributed by atoms with E-state index in [1.165, 1.54) is 31.4 Å². The number of ether oxygens (including phenoxy) is 1. The van der Waals surface area contributed by atoms with Crippen molar-refractivity contribution >= 4 is 16.1 Å². The number of rotatable bonds is 4. The minimum Gasteiger partial charge on any atom is -0.461 e. The molecule has 0 unspecified atom stereocenters. The fourth-order valence-electron chi connectivity index (χ4n) is 2.90. The molecule has 0 aromatic heterocycles. The second kappa shape index (κ2) is 10.2. The third kappa shape index (κ3) is 7.53. The summed E-state index contributed by atoms with van der Waals surface area (Å²) < 4.78 is 34.9. The van der Waals surface area contributed by atoms with Gasteiger partial charge in [0.15, 0.2) is 0 Å². The second-order valence-electron chi connectivity index (χ2n) is 6.72. The highest BCUT2D eigenvalue weighted by molar-refractivity contribution is 7.85. The van der Waals surface area contributed by atoms with Gasteiger partial charge in [-0.3, -0.25) is 9.35 Å². The van der Waals surface area contributed by atoms with Gasteiger partial charge < -0.3 is 4.74 Å². The number of hydrogen-bond acceptors (Lipinski definition) is 4. The molecule has 2 aromatic rings. The molecule has 5 nitrogen and oxygen atoms in total. The summed E-state index contributed by atoms with van der Waals surface area (Å²) in [6.45, 7) is 2.25. The lowest BCUT2D eigenvalue weighted by molar-refractivity contribution is -0.151. The number of esters is 1. The van der Waals surface area contributed by atoms with Crippen molar-refractivity contribution in [2.75, 3.05) is 0 Å². The lowest BCUT2D eigenvalue weighted by atomic mass is 9.89. The summed E-state index contributed by atoms with van der Waals surface area (Å²) >= 11 is 0. The van der Waals surface area contributed by atoms with Crippen LogP contribution in [0.1, 0.15) is 43.2 Å². The molecule has 1 aliphatic rings. The Bertz CT molecular complexity index is 807. The molecule has 1 saturated carbocycles. The largest absolute Gasteiger partial charge is 0.461 e. The van der Waals surface area contributed by atoms with Crippen molar-refractivity contribution in [1.29, 1.82) is 0 Å². The molecule has 1 fully saturated rings. The van der Waals surface area contributed by atoms with Crippen LogP contribution < -0.4 is 0 Å². The molecular weight excluding hydrogens is 364 g/mol. The van der Waals surface area contributed by atoms with E-state index in [1.54, 1.807) is 12.1 Å². The topological polar surface area (TPSA) is 80.7 Å². The molecule has 27 heavy (non-hydrogen) atoms. The highest BCUT2D eigenvalue weighted by atomic mass is 32.2. The van der Waals surface area contributed by atoms with Crippen LogP contribution in [0.2, 0.25) is 0 Å². The van der Waals surface area contributed by atoms with Gasteiger partial charge in [-0.1, -0.05) is 67.3 Å². The zero-order valence-electron chi connectivity index (χ0n) is 15.5. The van der Waals surface area contributed by atoms with Crippen molar-refractivity contribution in [3.63, 3.8) is 0 Å². The van der Waals surface area contributed by atoms with E-state index in [4.69, 9.17) is 9.29 Å². The van der Waals surface area contributed by atoms with E-state index in [0.29, 0.717) is 6.61 Å². The standard InChI is InChI=1S/C14H18O2.C7H8O3S/c15-14(13-9-5-2-6-10-13)16-11-12-7-3-1-4-8-12;1-6-2-4-7(5-3-6)11(8,9)10/h1,3-4,7-8,13H,2,5-6,9-11H2;2-5H,1H3,(H,8,9,10). The van der Waals surface area contributed by atoms with Gasteiger partial charge in [0, 0.05) is 0 Å². The summed E-state index contributed by atoms with van der Waals surface area (Å²) in [7, 11) is -4.02. The van der Waals surface area contributed by atoms with Crippen LogP contribution in [0, 0.1) is 12.8 Å². The van der Waals surface area contributed by atoms with E-state index in [2.05, 4.69) is 0 Å². The maximum absolute atomic E-state index is 11.7. The van der Waals surface area contributed by atoms with E-state index >= 15 is 0 Å². The lowest BCUT2D eigenvalue weighted by Gasteiger charge is -2.19. The predicted molar refractivity (Wildman–Crippen MR) is 104 cm³/mol. The molecular formula is C21H26O5S. The van der Waals surface area contributed by atoms with Crippen LogP contribution >= 0.6 is 0 Å². The van der Waals surface area contributed by atoms with Crippen LogP contribution in [0.3, 0.4) is 0 Å². The Labute approximate surface area is 161 Å². The van der Waals surface area contributed by atoms with Crippen LogP contribution in [0.4, 0.5) is 0 Å². The van der Waals surface area contributed by atoms with Gasteiger partial charge in [0.1, 0.15) is 6.61 Å². The monoisotopic (exact) mass is 390 g/mol. The van der Waals surface area contributed by atoms with Crippen LogP contribution in [0.15, 0.2) is 59.5 Å². The zero-order valence-corrected chi connectivity index (χ0v) is 16.3. The van der Waals surface area contributed by atoms with Crippen molar-refractivity contribution in [1.82, 2.24) is 0 Å². The SMILES string of the molecule is Cc1ccc(S(=O)(=O)O)cc1.O=C(OCc1ccccc1)C1CCCCC1. The van der Waals surface area contributed by atoms with Gasteiger partial charge in [0.05, 0.1) is 10.8 Å². The summed E-state index contributed by atoms with van der Waals surface area (Å²) in [5.41, 5.74) is 2.02. The van der Waals surface area contributed by atoms with Crippen molar-refractivity contribution in [3.8, 4) is 0 Å². The molecule has 0 saturated heterocycles. The number of hydrogen-bond donors (Lipinski definition) is 1. The third-order valence-electron chi connectivity index (χ3n) is 4.48. The minimum atomic E-state index is -4.02. The molecule has 0 aliphatic heterocycles. The minimum absolute atomic E-state index is 0.0106. The Morgan fingerprint density at radius 2 is 1.59 bits per heavy atom. The Hall–Kier alpha value is -2.18. The van der Waals surface area contributed by atoms with E-state index in [0.717, 1.165) is 24.0 Å². The molecule has 1 N–H and O–H groups in total. The van der Waals surface area contributed by atoms with Gasteiger partial charge in [0.25, 0.3) is 10.1 Å². The molecule has 0 heterocycles. The Balaban J connectivity index is 0.000000208. The average Bonchev–Trinajstić information content (AvgIpc) is 2.68. The smallest absolute Gasteiger partial charge is 0.309 e. The first-order chi connectivity index (χ1) is 12.9. The van der Waals surface area contributed by atoms with E-state index in [-0.39, 0.29) is 16.8 Å². The summed E-state index contributed by atoms with van der Waals surface area (Å²) in [6, 6.07) is 15.8. The maximum Gasteiger partial charge on any atom is 0.309 e. The second-order valence-corrected chi connectivity index (χ2v) is 8.14. The van der Waals surface area contributed by atoms with Crippen molar-refractivity contribution in [3.05, 3.63) is 65.7 Å². The van der Waals surface area contributed by atoms with Gasteiger partial charge in [-0.15, -0.1) is 0 Å². The summed E-state index contributed by atoms with van der Waals surface area (Å²) in [4.78, 5) is 11.7. The van der Waals surface area contributed by atoms with E-state index in [9.17, 15) is 13.2 Å². The molecule has 1 aliphatic carbocycles. The summed E-state index contributed by atoms with van der Waals surface area (Å²) in [5.74, 6) is 0.140. The first-order valence-corrected chi connectivity index (χ1v) is 10.5. The normalized spacial score (nSPS) is 14.7. The third-order valence-corrected chi connectivity index (χ3v) is 5.35. The highest BCUT2D eigenvalue weighted by Crippen LogP contribution is 2.24. The number of carbonyl (C=O) groups excluding carboxylic acids is 1. The van der Waals surface area contributed by atoms with E-state index < -0.39 is 10.1 Å². The first-order valence-electron chi connectivity index (χ1n) is 9.11. The number of benzene rings is 2. The van der Waals surface area contributed by atoms with Crippen molar-refractivity contribution < 1.29 is 22.5 Å². The van der Waals surface area contributed by atoms with E-state index in [1.807, 2.05) is 37.3 Å². The lowest BCUT2D eigenvalue weighted by Crippen LogP contribution is -2.20. The van der Waals surface area contributed by atoms with Crippen LogP contribution in [0.5, 0.6) is 0 Å². The molecule has 146 valence electrons. The molecule has 0 bridgehead atoms. The zero-order chi connectivity index (χ0) is 19.7. The number of aryl methyl sites for hydroxylation is 1.